The van der Waals surface area contributed by atoms with Gasteiger partial charge >= 0.3 is 0 Å². The van der Waals surface area contributed by atoms with Gasteiger partial charge in [-0.1, -0.05) is 20.8 Å². The molecule has 2 atom stereocenters. The molecule has 1 saturated carbocycles. The van der Waals surface area contributed by atoms with Crippen molar-refractivity contribution in [1.29, 1.82) is 0 Å². The third-order valence-electron chi connectivity index (χ3n) is 5.36. The number of aliphatic hydroxyl groups is 1. The van der Waals surface area contributed by atoms with Crippen molar-refractivity contribution in [3.8, 4) is 0 Å². The minimum absolute atomic E-state index is 0.350. The van der Waals surface area contributed by atoms with Gasteiger partial charge in [0.15, 0.2) is 0 Å². The zero-order chi connectivity index (χ0) is 15.2. The Bertz CT molecular complexity index is 289. The van der Waals surface area contributed by atoms with Crippen LogP contribution in [-0.4, -0.2) is 48.3 Å². The van der Waals surface area contributed by atoms with Gasteiger partial charge in [0.25, 0.3) is 0 Å². The molecule has 1 aliphatic heterocycles. The van der Waals surface area contributed by atoms with Crippen LogP contribution < -0.4 is 5.32 Å². The summed E-state index contributed by atoms with van der Waals surface area (Å²) in [5, 5.41) is 12.9. The Labute approximate surface area is 131 Å². The Kier molecular flexibility index (Phi) is 6.97. The van der Waals surface area contributed by atoms with Crippen LogP contribution >= 0.6 is 0 Å². The molecule has 0 amide bonds. The van der Waals surface area contributed by atoms with Crippen LogP contribution in [0.15, 0.2) is 0 Å². The highest BCUT2D eigenvalue weighted by atomic mass is 16.2. The first-order valence-electron chi connectivity index (χ1n) is 9.16. The molecule has 3 nitrogen and oxygen atoms in total. The number of likely N-dealkylation sites (tertiary alicyclic amines) is 1. The van der Waals surface area contributed by atoms with Gasteiger partial charge in [0.2, 0.25) is 0 Å². The number of nitrogens with zero attached hydrogens (tertiary/aromatic N) is 1. The Morgan fingerprint density at radius 2 is 1.95 bits per heavy atom. The largest absolute Gasteiger partial charge is 0.396 e. The smallest absolute Gasteiger partial charge is 0.0431 e. The van der Waals surface area contributed by atoms with E-state index in [9.17, 15) is 0 Å². The Morgan fingerprint density at radius 3 is 2.57 bits per heavy atom. The van der Waals surface area contributed by atoms with Gasteiger partial charge < -0.3 is 10.4 Å². The summed E-state index contributed by atoms with van der Waals surface area (Å²) >= 11 is 0. The number of piperidine rings is 1. The molecule has 1 saturated heterocycles. The van der Waals surface area contributed by atoms with Gasteiger partial charge in [0.05, 0.1) is 0 Å². The van der Waals surface area contributed by atoms with E-state index in [0.717, 1.165) is 36.8 Å². The molecule has 0 radical (unpaired) electrons. The maximum atomic E-state index is 9.10. The maximum Gasteiger partial charge on any atom is 0.0431 e. The molecule has 3 heteroatoms. The van der Waals surface area contributed by atoms with Crippen LogP contribution in [-0.2, 0) is 0 Å². The van der Waals surface area contributed by atoms with Crippen molar-refractivity contribution in [3.63, 3.8) is 0 Å². The minimum atomic E-state index is 0.350. The SMILES string of the molecule is CC(C)CCNC1CC(CCCO)CN(C2CC(C)C2)C1. The molecule has 0 aromatic heterocycles. The van der Waals surface area contributed by atoms with Crippen molar-refractivity contribution in [3.05, 3.63) is 0 Å². The average Bonchev–Trinajstić information content (AvgIpc) is 2.41. The van der Waals surface area contributed by atoms with Crippen LogP contribution in [0.2, 0.25) is 0 Å². The standard InChI is InChI=1S/C18H36N2O/c1-14(2)6-7-19-17-11-16(5-4-8-21)12-20(13-17)18-9-15(3)10-18/h14-19,21H,4-13H2,1-3H3. The number of hydrogen-bond donors (Lipinski definition) is 2. The van der Waals surface area contributed by atoms with E-state index < -0.39 is 0 Å². The Morgan fingerprint density at radius 1 is 1.19 bits per heavy atom. The molecule has 0 aromatic carbocycles. The van der Waals surface area contributed by atoms with Crippen molar-refractivity contribution in [2.75, 3.05) is 26.2 Å². The van der Waals surface area contributed by atoms with Gasteiger partial charge in [-0.3, -0.25) is 4.90 Å². The fraction of sp³-hybridized carbons (Fsp3) is 1.00. The lowest BCUT2D eigenvalue weighted by Gasteiger charge is -2.48. The fourth-order valence-electron chi connectivity index (χ4n) is 4.01. The van der Waals surface area contributed by atoms with E-state index in [4.69, 9.17) is 5.11 Å². The lowest BCUT2D eigenvalue weighted by Crippen LogP contribution is -2.55. The normalized spacial score (nSPS) is 34.1. The summed E-state index contributed by atoms with van der Waals surface area (Å²) in [5.74, 6) is 2.49. The second-order valence-electron chi connectivity index (χ2n) is 7.99. The summed E-state index contributed by atoms with van der Waals surface area (Å²) < 4.78 is 0. The molecule has 2 rings (SSSR count). The van der Waals surface area contributed by atoms with Gasteiger partial charge in [-0.2, -0.15) is 0 Å². The van der Waals surface area contributed by atoms with Crippen molar-refractivity contribution >= 4 is 0 Å². The quantitative estimate of drug-likeness (QED) is 0.723. The van der Waals surface area contributed by atoms with Crippen molar-refractivity contribution in [2.45, 2.75) is 71.4 Å². The van der Waals surface area contributed by atoms with Crippen LogP contribution in [0.25, 0.3) is 0 Å². The molecule has 2 aliphatic rings. The third kappa shape index (κ3) is 5.54. The molecule has 0 spiro atoms. The van der Waals surface area contributed by atoms with E-state index in [1.807, 2.05) is 0 Å². The number of rotatable bonds is 8. The fourth-order valence-corrected chi connectivity index (χ4v) is 4.01. The molecule has 21 heavy (non-hydrogen) atoms. The van der Waals surface area contributed by atoms with E-state index >= 15 is 0 Å². The van der Waals surface area contributed by atoms with Crippen LogP contribution in [0.4, 0.5) is 0 Å². The summed E-state index contributed by atoms with van der Waals surface area (Å²) in [6.45, 7) is 11.0. The molecular formula is C18H36N2O. The van der Waals surface area contributed by atoms with E-state index in [0.29, 0.717) is 12.6 Å². The molecule has 2 N–H and O–H groups in total. The molecule has 1 aliphatic carbocycles. The van der Waals surface area contributed by atoms with Crippen LogP contribution in [0.3, 0.4) is 0 Å². The highest BCUT2D eigenvalue weighted by Crippen LogP contribution is 2.34. The van der Waals surface area contributed by atoms with E-state index in [1.165, 1.54) is 45.2 Å². The van der Waals surface area contributed by atoms with Gasteiger partial charge in [0.1, 0.15) is 0 Å². The Hall–Kier alpha value is -0.120. The summed E-state index contributed by atoms with van der Waals surface area (Å²) in [6.07, 6.45) is 7.53. The first-order valence-corrected chi connectivity index (χ1v) is 9.16. The van der Waals surface area contributed by atoms with Gasteiger partial charge in [-0.15, -0.1) is 0 Å². The third-order valence-corrected chi connectivity index (χ3v) is 5.36. The highest BCUT2D eigenvalue weighted by molar-refractivity contribution is 4.92. The topological polar surface area (TPSA) is 35.5 Å². The predicted octanol–water partition coefficient (Wildman–Crippen LogP) is 2.88. The second-order valence-corrected chi connectivity index (χ2v) is 7.99. The first kappa shape index (κ1) is 17.2. The highest BCUT2D eigenvalue weighted by Gasteiger charge is 2.36. The van der Waals surface area contributed by atoms with E-state index in [2.05, 4.69) is 31.0 Å². The zero-order valence-electron chi connectivity index (χ0n) is 14.4. The monoisotopic (exact) mass is 296 g/mol. The number of hydrogen-bond acceptors (Lipinski definition) is 3. The molecule has 0 aromatic rings. The maximum absolute atomic E-state index is 9.10. The molecule has 2 unspecified atom stereocenters. The zero-order valence-corrected chi connectivity index (χ0v) is 14.4. The summed E-state index contributed by atoms with van der Waals surface area (Å²) in [6, 6.07) is 1.50. The summed E-state index contributed by atoms with van der Waals surface area (Å²) in [5.41, 5.74) is 0. The first-order chi connectivity index (χ1) is 10.1. The van der Waals surface area contributed by atoms with Gasteiger partial charge in [0, 0.05) is 31.8 Å². The number of nitrogens with one attached hydrogen (secondary N) is 1. The summed E-state index contributed by atoms with van der Waals surface area (Å²) in [4.78, 5) is 2.75. The summed E-state index contributed by atoms with van der Waals surface area (Å²) in [7, 11) is 0. The van der Waals surface area contributed by atoms with E-state index in [-0.39, 0.29) is 0 Å². The van der Waals surface area contributed by atoms with Crippen molar-refractivity contribution < 1.29 is 5.11 Å². The molecule has 124 valence electrons. The van der Waals surface area contributed by atoms with Crippen LogP contribution in [0.5, 0.6) is 0 Å². The van der Waals surface area contributed by atoms with Gasteiger partial charge in [-0.05, 0) is 62.8 Å². The lowest BCUT2D eigenvalue weighted by atomic mass is 9.78. The van der Waals surface area contributed by atoms with Crippen molar-refractivity contribution in [2.24, 2.45) is 17.8 Å². The molecule has 2 fully saturated rings. The predicted molar refractivity (Wildman–Crippen MR) is 89.4 cm³/mol. The van der Waals surface area contributed by atoms with Crippen LogP contribution in [0.1, 0.15) is 59.3 Å². The van der Waals surface area contributed by atoms with E-state index in [1.54, 1.807) is 0 Å². The van der Waals surface area contributed by atoms with Gasteiger partial charge in [-0.25, -0.2) is 0 Å². The van der Waals surface area contributed by atoms with Crippen molar-refractivity contribution in [1.82, 2.24) is 10.2 Å². The lowest BCUT2D eigenvalue weighted by molar-refractivity contribution is 0.0305. The molecule has 1 heterocycles. The second kappa shape index (κ2) is 8.50. The Balaban J connectivity index is 1.81. The molecule has 0 bridgehead atoms. The minimum Gasteiger partial charge on any atom is -0.396 e. The average molecular weight is 296 g/mol. The molecular weight excluding hydrogens is 260 g/mol. The van der Waals surface area contributed by atoms with Crippen LogP contribution in [0, 0.1) is 17.8 Å². The number of aliphatic hydroxyl groups excluding tert-OH is 1.